The number of non-ortho nitro benzene ring substituents is 1. The number of esters is 2. The molecule has 0 fully saturated rings. The van der Waals surface area contributed by atoms with Crippen LogP contribution in [-0.2, 0) is 19.1 Å². The molecule has 8 nitrogen and oxygen atoms in total. The van der Waals surface area contributed by atoms with Gasteiger partial charge in [0.1, 0.15) is 6.61 Å². The Kier molecular flexibility index (Phi) is 8.34. The number of ether oxygens (including phenoxy) is 2. The first-order valence-corrected chi connectivity index (χ1v) is 10.9. The van der Waals surface area contributed by atoms with Gasteiger partial charge in [-0.25, -0.2) is 9.59 Å². The van der Waals surface area contributed by atoms with Crippen LogP contribution < -0.4 is 5.32 Å². The van der Waals surface area contributed by atoms with E-state index in [4.69, 9.17) is 9.47 Å². The fourth-order valence-electron chi connectivity index (χ4n) is 3.86. The van der Waals surface area contributed by atoms with Crippen molar-refractivity contribution in [1.29, 1.82) is 0 Å². The molecule has 1 heterocycles. The summed E-state index contributed by atoms with van der Waals surface area (Å²) in [6, 6.07) is 15.6. The van der Waals surface area contributed by atoms with Gasteiger partial charge in [0.15, 0.2) is 0 Å². The molecule has 3 rings (SSSR count). The number of allylic oxidation sites excluding steroid dienone is 4. The second-order valence-corrected chi connectivity index (χ2v) is 7.78. The Hall–Kier alpha value is -4.46. The summed E-state index contributed by atoms with van der Waals surface area (Å²) in [7, 11) is 1.24. The number of nitro groups is 1. The number of benzene rings is 2. The molecule has 1 aliphatic heterocycles. The van der Waals surface area contributed by atoms with E-state index in [1.165, 1.54) is 25.3 Å². The second-order valence-electron chi connectivity index (χ2n) is 7.78. The summed E-state index contributed by atoms with van der Waals surface area (Å²) in [6.07, 6.45) is 7.21. The molecule has 1 aliphatic rings. The van der Waals surface area contributed by atoms with E-state index in [9.17, 15) is 19.7 Å². The maximum atomic E-state index is 13.1. The largest absolute Gasteiger partial charge is 0.466 e. The van der Waals surface area contributed by atoms with Crippen LogP contribution in [0.3, 0.4) is 0 Å². The summed E-state index contributed by atoms with van der Waals surface area (Å²) in [5.41, 5.74) is 2.66. The molecule has 1 unspecified atom stereocenters. The average Bonchev–Trinajstić information content (AvgIpc) is 2.85. The van der Waals surface area contributed by atoms with Crippen molar-refractivity contribution in [3.63, 3.8) is 0 Å². The highest BCUT2D eigenvalue weighted by Crippen LogP contribution is 2.40. The van der Waals surface area contributed by atoms with Crippen LogP contribution in [0.5, 0.6) is 0 Å². The van der Waals surface area contributed by atoms with Crippen LogP contribution in [-0.4, -0.2) is 30.6 Å². The van der Waals surface area contributed by atoms with E-state index >= 15 is 0 Å². The highest BCUT2D eigenvalue weighted by atomic mass is 16.6. The number of nitrogens with one attached hydrogen (secondary N) is 1. The van der Waals surface area contributed by atoms with Gasteiger partial charge in [0.2, 0.25) is 0 Å². The molecule has 2 aromatic carbocycles. The second kappa shape index (κ2) is 11.6. The lowest BCUT2D eigenvalue weighted by molar-refractivity contribution is -0.384. The number of nitrogens with zero attached hydrogens (tertiary/aromatic N) is 1. The molecular formula is C27H26N2O6. The Morgan fingerprint density at radius 3 is 2.34 bits per heavy atom. The van der Waals surface area contributed by atoms with Crippen LogP contribution in [0.4, 0.5) is 5.69 Å². The number of methoxy groups -OCH3 is 1. The number of dihydropyridines is 1. The first kappa shape index (κ1) is 25.2. The number of nitro benzene ring substituents is 1. The fraction of sp³-hybridized carbons (Fsp3) is 0.185. The first-order chi connectivity index (χ1) is 16.8. The first-order valence-electron chi connectivity index (χ1n) is 10.9. The predicted octanol–water partition coefficient (Wildman–Crippen LogP) is 4.82. The van der Waals surface area contributed by atoms with E-state index in [-0.39, 0.29) is 23.4 Å². The van der Waals surface area contributed by atoms with Gasteiger partial charge in [-0.15, -0.1) is 0 Å². The van der Waals surface area contributed by atoms with Gasteiger partial charge in [-0.3, -0.25) is 10.1 Å². The SMILES string of the molecule is COC(=O)C1=C(C)NC(C)=C(C(=O)OCC=CC=Cc2ccccc2)C1c1cccc([N+](=O)[O-])c1. The summed E-state index contributed by atoms with van der Waals surface area (Å²) >= 11 is 0. The number of hydrogen-bond acceptors (Lipinski definition) is 7. The predicted molar refractivity (Wildman–Crippen MR) is 132 cm³/mol. The Bertz CT molecular complexity index is 1240. The van der Waals surface area contributed by atoms with E-state index in [0.29, 0.717) is 17.0 Å². The van der Waals surface area contributed by atoms with Crippen molar-refractivity contribution in [2.24, 2.45) is 0 Å². The third-order valence-corrected chi connectivity index (χ3v) is 5.45. The highest BCUT2D eigenvalue weighted by Gasteiger charge is 2.38. The minimum Gasteiger partial charge on any atom is -0.466 e. The lowest BCUT2D eigenvalue weighted by Crippen LogP contribution is -2.32. The molecule has 8 heteroatoms. The summed E-state index contributed by atoms with van der Waals surface area (Å²) in [5.74, 6) is -2.18. The number of carbonyl (C=O) groups excluding carboxylic acids is 2. The van der Waals surface area contributed by atoms with Crippen molar-refractivity contribution >= 4 is 23.7 Å². The van der Waals surface area contributed by atoms with Crippen LogP contribution in [0.25, 0.3) is 6.08 Å². The Labute approximate surface area is 203 Å². The summed E-state index contributed by atoms with van der Waals surface area (Å²) in [4.78, 5) is 36.6. The zero-order valence-electron chi connectivity index (χ0n) is 19.7. The maximum absolute atomic E-state index is 13.1. The maximum Gasteiger partial charge on any atom is 0.337 e. The minimum atomic E-state index is -0.891. The summed E-state index contributed by atoms with van der Waals surface area (Å²) < 4.78 is 10.4. The van der Waals surface area contributed by atoms with Crippen molar-refractivity contribution in [3.8, 4) is 0 Å². The van der Waals surface area contributed by atoms with Gasteiger partial charge in [-0.1, -0.05) is 60.7 Å². The van der Waals surface area contributed by atoms with Gasteiger partial charge in [0, 0.05) is 23.5 Å². The molecule has 35 heavy (non-hydrogen) atoms. The van der Waals surface area contributed by atoms with Crippen LogP contribution in [0.2, 0.25) is 0 Å². The molecule has 1 N–H and O–H groups in total. The molecule has 0 saturated heterocycles. The molecule has 0 spiro atoms. The molecule has 0 aromatic heterocycles. The van der Waals surface area contributed by atoms with E-state index < -0.39 is 22.8 Å². The Morgan fingerprint density at radius 2 is 1.69 bits per heavy atom. The Morgan fingerprint density at radius 1 is 1.00 bits per heavy atom. The highest BCUT2D eigenvalue weighted by molar-refractivity contribution is 5.99. The standard InChI is InChI=1S/C27H26N2O6/c1-18-23(26(30)34-3)25(21-14-10-15-22(17-21)29(32)33)24(19(2)28-18)27(31)35-16-9-5-8-13-20-11-6-4-7-12-20/h4-15,17,25,28H,16H2,1-3H3. The van der Waals surface area contributed by atoms with E-state index in [2.05, 4.69) is 5.32 Å². The van der Waals surface area contributed by atoms with E-state index in [1.54, 1.807) is 32.1 Å². The third-order valence-electron chi connectivity index (χ3n) is 5.45. The Balaban J connectivity index is 1.85. The molecule has 2 aromatic rings. The molecule has 180 valence electrons. The fourth-order valence-corrected chi connectivity index (χ4v) is 3.86. The lowest BCUT2D eigenvalue weighted by Gasteiger charge is -2.30. The van der Waals surface area contributed by atoms with Crippen molar-refractivity contribution in [2.45, 2.75) is 19.8 Å². The normalized spacial score (nSPS) is 15.9. The molecule has 0 saturated carbocycles. The zero-order chi connectivity index (χ0) is 25.4. The number of carbonyl (C=O) groups is 2. The minimum absolute atomic E-state index is 0.00660. The zero-order valence-corrected chi connectivity index (χ0v) is 19.7. The summed E-state index contributed by atoms with van der Waals surface area (Å²) in [5, 5.41) is 14.4. The van der Waals surface area contributed by atoms with Crippen LogP contribution in [0.1, 0.15) is 30.9 Å². The quantitative estimate of drug-likeness (QED) is 0.253. The van der Waals surface area contributed by atoms with Crippen molar-refractivity contribution < 1.29 is 24.0 Å². The number of rotatable bonds is 8. The molecule has 0 bridgehead atoms. The van der Waals surface area contributed by atoms with Gasteiger partial charge in [-0.05, 0) is 31.1 Å². The van der Waals surface area contributed by atoms with Crippen LogP contribution in [0, 0.1) is 10.1 Å². The molecule has 1 atom stereocenters. The van der Waals surface area contributed by atoms with Gasteiger partial charge >= 0.3 is 11.9 Å². The van der Waals surface area contributed by atoms with Gasteiger partial charge < -0.3 is 14.8 Å². The van der Waals surface area contributed by atoms with Gasteiger partial charge in [0.05, 0.1) is 29.1 Å². The average molecular weight is 475 g/mol. The van der Waals surface area contributed by atoms with Gasteiger partial charge in [-0.2, -0.15) is 0 Å². The lowest BCUT2D eigenvalue weighted by atomic mass is 9.80. The van der Waals surface area contributed by atoms with Gasteiger partial charge in [0.25, 0.3) is 5.69 Å². The van der Waals surface area contributed by atoms with Crippen molar-refractivity contribution in [1.82, 2.24) is 5.32 Å². The van der Waals surface area contributed by atoms with Crippen molar-refractivity contribution in [2.75, 3.05) is 13.7 Å². The number of hydrogen-bond donors (Lipinski definition) is 1. The molecule has 0 radical (unpaired) electrons. The molecule has 0 amide bonds. The molecular weight excluding hydrogens is 448 g/mol. The van der Waals surface area contributed by atoms with Crippen LogP contribution >= 0.6 is 0 Å². The summed E-state index contributed by atoms with van der Waals surface area (Å²) in [6.45, 7) is 3.38. The molecule has 0 aliphatic carbocycles. The monoisotopic (exact) mass is 474 g/mol. The van der Waals surface area contributed by atoms with Crippen LogP contribution in [0.15, 0.2) is 95.4 Å². The third kappa shape index (κ3) is 6.11. The van der Waals surface area contributed by atoms with E-state index in [0.717, 1.165) is 5.56 Å². The van der Waals surface area contributed by atoms with Crippen molar-refractivity contribution in [3.05, 3.63) is 117 Å². The smallest absolute Gasteiger partial charge is 0.337 e. The van der Waals surface area contributed by atoms with E-state index in [1.807, 2.05) is 42.5 Å². The topological polar surface area (TPSA) is 108 Å².